The summed E-state index contributed by atoms with van der Waals surface area (Å²) in [4.78, 5) is 6.32. The number of fused-ring (bicyclic) bond motifs is 1. The van der Waals surface area contributed by atoms with Crippen LogP contribution in [0.5, 0.6) is 0 Å². The highest BCUT2D eigenvalue weighted by Gasteiger charge is 2.29. The fourth-order valence-corrected chi connectivity index (χ4v) is 5.00. The van der Waals surface area contributed by atoms with Crippen molar-refractivity contribution in [3.8, 4) is 11.1 Å². The summed E-state index contributed by atoms with van der Waals surface area (Å²) in [7, 11) is 3.38. The number of nitrogens with zero attached hydrogens (tertiary/aromatic N) is 5. The second kappa shape index (κ2) is 10.6. The molecule has 0 saturated heterocycles. The number of halogens is 3. The van der Waals surface area contributed by atoms with Crippen molar-refractivity contribution in [3.05, 3.63) is 82.4 Å². The Morgan fingerprint density at radius 3 is 2.78 bits per heavy atom. The Morgan fingerprint density at radius 2 is 2.05 bits per heavy atom. The van der Waals surface area contributed by atoms with E-state index >= 15 is 4.39 Å². The molecule has 1 unspecified atom stereocenters. The first-order valence-electron chi connectivity index (χ1n) is 11.8. The van der Waals surface area contributed by atoms with Crippen molar-refractivity contribution in [2.24, 2.45) is 7.05 Å². The van der Waals surface area contributed by atoms with Crippen LogP contribution in [-0.2, 0) is 38.0 Å². The number of pyridine rings is 1. The summed E-state index contributed by atoms with van der Waals surface area (Å²) < 4.78 is 38.7. The molecule has 194 valence electrons. The highest BCUT2D eigenvalue weighted by atomic mass is 35.5. The minimum Gasteiger partial charge on any atom is -0.392 e. The molecule has 1 aliphatic heterocycles. The molecule has 0 spiro atoms. The zero-order valence-corrected chi connectivity index (χ0v) is 21.2. The molecule has 1 aromatic carbocycles. The van der Waals surface area contributed by atoms with E-state index in [1.807, 2.05) is 12.3 Å². The molecule has 11 heteroatoms. The van der Waals surface area contributed by atoms with E-state index in [-0.39, 0.29) is 34.9 Å². The molecule has 0 bridgehead atoms. The van der Waals surface area contributed by atoms with Gasteiger partial charge < -0.3 is 19.7 Å². The fraction of sp³-hybridized carbons (Fsp3) is 0.308. The van der Waals surface area contributed by atoms with Crippen molar-refractivity contribution in [1.29, 1.82) is 0 Å². The zero-order chi connectivity index (χ0) is 26.1. The molecule has 0 aliphatic carbocycles. The Labute approximate surface area is 218 Å². The lowest BCUT2D eigenvalue weighted by atomic mass is 10.0. The third kappa shape index (κ3) is 5.10. The third-order valence-corrected chi connectivity index (χ3v) is 6.96. The number of ether oxygens (including phenoxy) is 1. The van der Waals surface area contributed by atoms with E-state index in [2.05, 4.69) is 24.9 Å². The van der Waals surface area contributed by atoms with Crippen LogP contribution >= 0.6 is 11.6 Å². The molecule has 0 saturated carbocycles. The van der Waals surface area contributed by atoms with Crippen molar-refractivity contribution in [1.82, 2.24) is 24.2 Å². The van der Waals surface area contributed by atoms with Gasteiger partial charge in [0.15, 0.2) is 11.6 Å². The second-order valence-corrected chi connectivity index (χ2v) is 9.47. The Balaban J connectivity index is 1.46. The van der Waals surface area contributed by atoms with Crippen molar-refractivity contribution in [2.75, 3.05) is 19.0 Å². The predicted molar refractivity (Wildman–Crippen MR) is 136 cm³/mol. The van der Waals surface area contributed by atoms with Gasteiger partial charge in [-0.3, -0.25) is 9.58 Å². The van der Waals surface area contributed by atoms with Crippen LogP contribution in [0.25, 0.3) is 11.1 Å². The Hall–Kier alpha value is -3.31. The molecule has 37 heavy (non-hydrogen) atoms. The molecule has 2 N–H and O–H groups in total. The summed E-state index contributed by atoms with van der Waals surface area (Å²) in [5.41, 5.74) is 3.24. The lowest BCUT2D eigenvalue weighted by molar-refractivity contribution is 0.0536. The van der Waals surface area contributed by atoms with Crippen LogP contribution < -0.4 is 5.32 Å². The zero-order valence-electron chi connectivity index (χ0n) is 20.5. The highest BCUT2D eigenvalue weighted by Crippen LogP contribution is 2.36. The maximum atomic E-state index is 15.7. The Kier molecular flexibility index (Phi) is 7.25. The van der Waals surface area contributed by atoms with E-state index in [1.165, 1.54) is 18.3 Å². The van der Waals surface area contributed by atoms with Gasteiger partial charge in [0.25, 0.3) is 0 Å². The fourth-order valence-electron chi connectivity index (χ4n) is 4.76. The van der Waals surface area contributed by atoms with Crippen LogP contribution in [0.3, 0.4) is 0 Å². The lowest BCUT2D eigenvalue weighted by Gasteiger charge is -2.36. The number of aliphatic hydroxyl groups is 1. The van der Waals surface area contributed by atoms with Crippen LogP contribution in [0.4, 0.5) is 20.4 Å². The summed E-state index contributed by atoms with van der Waals surface area (Å²) in [6, 6.07) is 8.03. The molecule has 1 atom stereocenters. The largest absolute Gasteiger partial charge is 0.392 e. The quantitative estimate of drug-likeness (QED) is 0.351. The van der Waals surface area contributed by atoms with Gasteiger partial charge in [0.05, 0.1) is 30.5 Å². The van der Waals surface area contributed by atoms with E-state index in [9.17, 15) is 9.50 Å². The average Bonchev–Trinajstić information content (AvgIpc) is 3.46. The molecule has 5 rings (SSSR count). The molecule has 4 aromatic rings. The van der Waals surface area contributed by atoms with Crippen molar-refractivity contribution < 1.29 is 18.6 Å². The number of rotatable bonds is 8. The van der Waals surface area contributed by atoms with E-state index in [0.29, 0.717) is 43.2 Å². The number of aliphatic hydroxyl groups excluding tert-OH is 1. The van der Waals surface area contributed by atoms with Crippen LogP contribution in [0, 0.1) is 11.6 Å². The smallest absolute Gasteiger partial charge is 0.175 e. The summed E-state index contributed by atoms with van der Waals surface area (Å²) in [5, 5.41) is 17.0. The van der Waals surface area contributed by atoms with Gasteiger partial charge in [0, 0.05) is 69.1 Å². The molecule has 0 fully saturated rings. The number of benzene rings is 1. The third-order valence-electron chi connectivity index (χ3n) is 6.68. The summed E-state index contributed by atoms with van der Waals surface area (Å²) in [6.07, 6.45) is 4.92. The number of methoxy groups -OCH3 is 1. The first-order chi connectivity index (χ1) is 17.9. The summed E-state index contributed by atoms with van der Waals surface area (Å²) in [5.74, 6) is -0.270. The van der Waals surface area contributed by atoms with Crippen molar-refractivity contribution in [3.63, 3.8) is 0 Å². The normalized spacial score (nSPS) is 15.7. The summed E-state index contributed by atoms with van der Waals surface area (Å²) in [6.45, 7) is 1.84. The maximum absolute atomic E-state index is 15.7. The van der Waals surface area contributed by atoms with Crippen LogP contribution in [0.1, 0.15) is 16.8 Å². The first kappa shape index (κ1) is 25.3. The van der Waals surface area contributed by atoms with E-state index < -0.39 is 5.82 Å². The second-order valence-electron chi connectivity index (χ2n) is 9.07. The first-order valence-corrected chi connectivity index (χ1v) is 12.1. The number of aromatic nitrogens is 4. The van der Waals surface area contributed by atoms with E-state index in [4.69, 9.17) is 16.3 Å². The molecule has 0 amide bonds. The minimum atomic E-state index is -0.561. The van der Waals surface area contributed by atoms with Crippen LogP contribution in [0.2, 0.25) is 5.02 Å². The van der Waals surface area contributed by atoms with Crippen LogP contribution in [-0.4, -0.2) is 49.1 Å². The standard InChI is InChI=1S/C26H27ClF2N6O2/c1-33-23(5-6-31-33)32-26-25(29)24(22(27)9-30-26)18-8-20-12-35(21(15-37-2)13-34(20)11-18)10-17-7-19(28)4-3-16(17)14-36/h3-9,11,21,36H,10,12-15H2,1-2H3,(H,30,32). The number of nitrogens with one attached hydrogen (secondary N) is 1. The number of hydrogen-bond donors (Lipinski definition) is 2. The van der Waals surface area contributed by atoms with Gasteiger partial charge in [-0.1, -0.05) is 17.7 Å². The highest BCUT2D eigenvalue weighted by molar-refractivity contribution is 6.33. The molecular weight excluding hydrogens is 502 g/mol. The van der Waals surface area contributed by atoms with Gasteiger partial charge in [0.2, 0.25) is 0 Å². The lowest BCUT2D eigenvalue weighted by Crippen LogP contribution is -2.44. The maximum Gasteiger partial charge on any atom is 0.175 e. The van der Waals surface area contributed by atoms with E-state index in [1.54, 1.807) is 37.2 Å². The minimum absolute atomic E-state index is 0.00705. The molecule has 4 heterocycles. The van der Waals surface area contributed by atoms with Gasteiger partial charge in [-0.2, -0.15) is 5.10 Å². The molecular formula is C26H27ClF2N6O2. The average molecular weight is 529 g/mol. The van der Waals surface area contributed by atoms with Gasteiger partial charge in [0.1, 0.15) is 11.6 Å². The van der Waals surface area contributed by atoms with Gasteiger partial charge in [-0.15, -0.1) is 0 Å². The Bertz CT molecular complexity index is 1420. The SMILES string of the molecule is COCC1Cn2cc(-c3c(Cl)cnc(Nc4ccnn4C)c3F)cc2CN1Cc1cc(F)ccc1CO. The monoisotopic (exact) mass is 528 g/mol. The van der Waals surface area contributed by atoms with Gasteiger partial charge in [-0.05, 0) is 29.3 Å². The van der Waals surface area contributed by atoms with Crippen molar-refractivity contribution in [2.45, 2.75) is 32.3 Å². The molecule has 3 aromatic heterocycles. The number of hydrogen-bond acceptors (Lipinski definition) is 6. The predicted octanol–water partition coefficient (Wildman–Crippen LogP) is 4.48. The van der Waals surface area contributed by atoms with Crippen molar-refractivity contribution >= 4 is 23.2 Å². The number of aryl methyl sites for hydroxylation is 1. The topological polar surface area (TPSA) is 80.4 Å². The number of anilines is 2. The molecule has 8 nitrogen and oxygen atoms in total. The molecule has 1 aliphatic rings. The van der Waals surface area contributed by atoms with E-state index in [0.717, 1.165) is 11.3 Å². The summed E-state index contributed by atoms with van der Waals surface area (Å²) >= 11 is 6.43. The molecule has 0 radical (unpaired) electrons. The Morgan fingerprint density at radius 1 is 1.22 bits per heavy atom. The van der Waals surface area contributed by atoms with Crippen LogP contribution in [0.15, 0.2) is 48.9 Å². The van der Waals surface area contributed by atoms with Gasteiger partial charge >= 0.3 is 0 Å². The van der Waals surface area contributed by atoms with Gasteiger partial charge in [-0.25, -0.2) is 13.8 Å².